The van der Waals surface area contributed by atoms with E-state index in [2.05, 4.69) is 15.6 Å². The third-order valence-corrected chi connectivity index (χ3v) is 4.65. The second-order valence-corrected chi connectivity index (χ2v) is 6.57. The molecule has 0 N–H and O–H groups in total. The van der Waals surface area contributed by atoms with Crippen LogP contribution in [-0.4, -0.2) is 22.1 Å². The zero-order valence-corrected chi connectivity index (χ0v) is 15.8. The molecule has 0 atom stereocenters. The van der Waals surface area contributed by atoms with E-state index in [0.29, 0.717) is 26.2 Å². The van der Waals surface area contributed by atoms with E-state index in [4.69, 9.17) is 9.47 Å². The van der Waals surface area contributed by atoms with Gasteiger partial charge < -0.3 is 14.0 Å². The molecule has 0 bridgehead atoms. The summed E-state index contributed by atoms with van der Waals surface area (Å²) in [5, 5.41) is 2.20. The van der Waals surface area contributed by atoms with Crippen molar-refractivity contribution in [3.63, 3.8) is 0 Å². The van der Waals surface area contributed by atoms with Gasteiger partial charge in [-0.05, 0) is 43.3 Å². The van der Waals surface area contributed by atoms with Crippen LogP contribution in [0.1, 0.15) is 19.0 Å². The number of carbonyl (C=O) groups excluding carboxylic acids is 1. The number of carbonyl (C=O) groups is 1. The average molecular weight is 374 g/mol. The molecule has 0 spiro atoms. The number of aryl methyl sites for hydroxylation is 1. The number of hydrogen-bond acceptors (Lipinski definition) is 4. The molecule has 0 amide bonds. The van der Waals surface area contributed by atoms with Crippen LogP contribution in [0.25, 0.3) is 21.8 Å². The number of rotatable bonds is 7. The van der Waals surface area contributed by atoms with Crippen molar-refractivity contribution in [3.05, 3.63) is 72.6 Å². The van der Waals surface area contributed by atoms with Gasteiger partial charge in [-0.1, -0.05) is 24.3 Å². The lowest BCUT2D eigenvalue weighted by atomic mass is 10.2. The second kappa shape index (κ2) is 8.13. The summed E-state index contributed by atoms with van der Waals surface area (Å²) in [6.07, 6.45) is 2.35. The van der Waals surface area contributed by atoms with E-state index in [0.717, 1.165) is 33.2 Å². The summed E-state index contributed by atoms with van der Waals surface area (Å²) in [6.45, 7) is 3.25. The van der Waals surface area contributed by atoms with Gasteiger partial charge in [0.2, 0.25) is 0 Å². The molecule has 5 nitrogen and oxygen atoms in total. The molecule has 28 heavy (non-hydrogen) atoms. The van der Waals surface area contributed by atoms with Gasteiger partial charge in [-0.25, -0.2) is 4.98 Å². The molecular weight excluding hydrogens is 352 g/mol. The molecule has 5 heteroatoms. The molecule has 4 rings (SSSR count). The zero-order chi connectivity index (χ0) is 19.3. The zero-order valence-electron chi connectivity index (χ0n) is 15.8. The molecule has 0 saturated heterocycles. The Kier molecular flexibility index (Phi) is 5.24. The fourth-order valence-corrected chi connectivity index (χ4v) is 3.25. The molecule has 0 fully saturated rings. The first-order valence-electron chi connectivity index (χ1n) is 9.45. The number of benzene rings is 2. The summed E-state index contributed by atoms with van der Waals surface area (Å²) in [7, 11) is 0. The van der Waals surface area contributed by atoms with Crippen molar-refractivity contribution >= 4 is 27.8 Å². The van der Waals surface area contributed by atoms with Crippen LogP contribution < -0.4 is 4.74 Å². The summed E-state index contributed by atoms with van der Waals surface area (Å²) in [5.74, 6) is 0.623. The molecule has 0 saturated carbocycles. The van der Waals surface area contributed by atoms with Gasteiger partial charge in [0.25, 0.3) is 0 Å². The molecule has 2 aromatic carbocycles. The fraction of sp³-hybridized carbons (Fsp3) is 0.217. The van der Waals surface area contributed by atoms with Gasteiger partial charge in [-0.2, -0.15) is 0 Å². The lowest BCUT2D eigenvalue weighted by Gasteiger charge is -2.08. The van der Waals surface area contributed by atoms with Crippen LogP contribution >= 0.6 is 0 Å². The predicted molar refractivity (Wildman–Crippen MR) is 109 cm³/mol. The second-order valence-electron chi connectivity index (χ2n) is 6.57. The van der Waals surface area contributed by atoms with Crippen LogP contribution in [0.2, 0.25) is 0 Å². The Bertz CT molecular complexity index is 1120. The Balaban J connectivity index is 1.43. The largest absolute Gasteiger partial charge is 0.487 e. The van der Waals surface area contributed by atoms with E-state index in [1.807, 2.05) is 67.7 Å². The Morgan fingerprint density at radius 3 is 2.82 bits per heavy atom. The summed E-state index contributed by atoms with van der Waals surface area (Å²) in [4.78, 5) is 16.2. The molecule has 2 aromatic heterocycles. The molecule has 4 aromatic rings. The normalized spacial score (nSPS) is 11.0. The number of fused-ring (bicyclic) bond motifs is 2. The molecule has 0 aliphatic carbocycles. The summed E-state index contributed by atoms with van der Waals surface area (Å²) in [5.41, 5.74) is 2.93. The molecule has 0 aliphatic rings. The molecule has 142 valence electrons. The van der Waals surface area contributed by atoms with E-state index in [1.165, 1.54) is 0 Å². The Morgan fingerprint density at radius 1 is 1.04 bits per heavy atom. The minimum Gasteiger partial charge on any atom is -0.487 e. The molecular formula is C23H22N2O3. The fourth-order valence-electron chi connectivity index (χ4n) is 3.25. The van der Waals surface area contributed by atoms with Crippen LogP contribution in [0.3, 0.4) is 0 Å². The quantitative estimate of drug-likeness (QED) is 0.439. The van der Waals surface area contributed by atoms with Crippen molar-refractivity contribution in [2.24, 2.45) is 0 Å². The van der Waals surface area contributed by atoms with Gasteiger partial charge in [0, 0.05) is 29.0 Å². The first kappa shape index (κ1) is 18.0. The molecule has 0 aliphatic heterocycles. The lowest BCUT2D eigenvalue weighted by Crippen LogP contribution is -2.08. The highest BCUT2D eigenvalue weighted by atomic mass is 16.5. The van der Waals surface area contributed by atoms with Gasteiger partial charge in [0.15, 0.2) is 0 Å². The highest BCUT2D eigenvalue weighted by molar-refractivity contribution is 5.82. The van der Waals surface area contributed by atoms with Crippen molar-refractivity contribution in [1.29, 1.82) is 0 Å². The van der Waals surface area contributed by atoms with E-state index in [-0.39, 0.29) is 5.97 Å². The van der Waals surface area contributed by atoms with E-state index < -0.39 is 0 Å². The smallest absolute Gasteiger partial charge is 0.307 e. The van der Waals surface area contributed by atoms with Crippen molar-refractivity contribution in [3.8, 4) is 5.75 Å². The summed E-state index contributed by atoms with van der Waals surface area (Å²) < 4.78 is 13.0. The van der Waals surface area contributed by atoms with Crippen LogP contribution in [0.5, 0.6) is 5.75 Å². The molecule has 2 heterocycles. The monoisotopic (exact) mass is 374 g/mol. The summed E-state index contributed by atoms with van der Waals surface area (Å²) in [6, 6.07) is 20.1. The minimum absolute atomic E-state index is 0.174. The Hall–Kier alpha value is -3.34. The topological polar surface area (TPSA) is 53.4 Å². The highest BCUT2D eigenvalue weighted by Crippen LogP contribution is 2.23. The maximum atomic E-state index is 11.6. The third kappa shape index (κ3) is 3.98. The number of hydrogen-bond donors (Lipinski definition) is 0. The third-order valence-electron chi connectivity index (χ3n) is 4.65. The van der Waals surface area contributed by atoms with Crippen molar-refractivity contribution in [1.82, 2.24) is 9.55 Å². The number of pyridine rings is 1. The van der Waals surface area contributed by atoms with E-state index >= 15 is 0 Å². The SMILES string of the molecule is CCOC(=O)CCn1ccc2cc(OCc3ccc4ccccc4n3)ccc21. The van der Waals surface area contributed by atoms with E-state index in [9.17, 15) is 4.79 Å². The molecule has 0 unspecified atom stereocenters. The lowest BCUT2D eigenvalue weighted by molar-refractivity contribution is -0.143. The predicted octanol–water partition coefficient (Wildman–Crippen LogP) is 4.72. The number of aromatic nitrogens is 2. The Labute approximate surface area is 163 Å². The van der Waals surface area contributed by atoms with Crippen LogP contribution in [0.15, 0.2) is 66.9 Å². The van der Waals surface area contributed by atoms with Crippen molar-refractivity contribution < 1.29 is 14.3 Å². The highest BCUT2D eigenvalue weighted by Gasteiger charge is 2.07. The van der Waals surface area contributed by atoms with Crippen molar-refractivity contribution in [2.75, 3.05) is 6.61 Å². The Morgan fingerprint density at radius 2 is 1.93 bits per heavy atom. The van der Waals surface area contributed by atoms with Crippen LogP contribution in [0.4, 0.5) is 0 Å². The van der Waals surface area contributed by atoms with E-state index in [1.54, 1.807) is 0 Å². The minimum atomic E-state index is -0.174. The standard InChI is InChI=1S/C23H22N2O3/c1-2-27-23(26)12-14-25-13-11-18-15-20(9-10-22(18)25)28-16-19-8-7-17-5-3-4-6-21(17)24-19/h3-11,13,15H,2,12,14,16H2,1H3. The maximum Gasteiger partial charge on any atom is 0.307 e. The van der Waals surface area contributed by atoms with Crippen molar-refractivity contribution in [2.45, 2.75) is 26.5 Å². The average Bonchev–Trinajstić information content (AvgIpc) is 3.13. The maximum absolute atomic E-state index is 11.6. The summed E-state index contributed by atoms with van der Waals surface area (Å²) >= 11 is 0. The number of ether oxygens (including phenoxy) is 2. The van der Waals surface area contributed by atoms with Gasteiger partial charge in [0.1, 0.15) is 12.4 Å². The number of para-hydroxylation sites is 1. The first-order chi connectivity index (χ1) is 13.7. The number of esters is 1. The van der Waals surface area contributed by atoms with Gasteiger partial charge in [-0.3, -0.25) is 4.79 Å². The van der Waals surface area contributed by atoms with Gasteiger partial charge in [-0.15, -0.1) is 0 Å². The van der Waals surface area contributed by atoms with Gasteiger partial charge >= 0.3 is 5.97 Å². The van der Waals surface area contributed by atoms with Crippen LogP contribution in [-0.2, 0) is 22.7 Å². The van der Waals surface area contributed by atoms with Crippen LogP contribution in [0, 0.1) is 0 Å². The number of nitrogens with zero attached hydrogens (tertiary/aromatic N) is 2. The first-order valence-corrected chi connectivity index (χ1v) is 9.45. The molecule has 0 radical (unpaired) electrons. The van der Waals surface area contributed by atoms with Gasteiger partial charge in [0.05, 0.1) is 24.2 Å².